The average molecular weight is 504 g/mol. The number of nitrogens with one attached hydrogen (secondary N) is 1. The highest BCUT2D eigenvalue weighted by molar-refractivity contribution is 5.77. The Kier molecular flexibility index (Phi) is 12.9. The summed E-state index contributed by atoms with van der Waals surface area (Å²) in [7, 11) is 0. The Labute approximate surface area is 210 Å². The van der Waals surface area contributed by atoms with Crippen molar-refractivity contribution >= 4 is 12.1 Å². The predicted octanol–water partition coefficient (Wildman–Crippen LogP) is 3.07. The van der Waals surface area contributed by atoms with Crippen LogP contribution in [0.3, 0.4) is 0 Å². The summed E-state index contributed by atoms with van der Waals surface area (Å²) in [4.78, 5) is 24.9. The van der Waals surface area contributed by atoms with Gasteiger partial charge in [-0.05, 0) is 71.4 Å². The zero-order valence-corrected chi connectivity index (χ0v) is 23.4. The summed E-state index contributed by atoms with van der Waals surface area (Å²) < 4.78 is 10.7. The van der Waals surface area contributed by atoms with Crippen molar-refractivity contribution < 1.29 is 39.5 Å². The lowest BCUT2D eigenvalue weighted by Gasteiger charge is -2.38. The van der Waals surface area contributed by atoms with E-state index >= 15 is 0 Å². The highest BCUT2D eigenvalue weighted by Gasteiger charge is 2.40. The summed E-state index contributed by atoms with van der Waals surface area (Å²) in [6.45, 7) is 18.9. The normalized spacial score (nSPS) is 18.6. The van der Waals surface area contributed by atoms with Crippen LogP contribution in [0.15, 0.2) is 11.1 Å². The smallest absolute Gasteiger partial charge is 0.407 e. The Morgan fingerprint density at radius 2 is 1.40 bits per heavy atom. The summed E-state index contributed by atoms with van der Waals surface area (Å²) >= 11 is 0. The number of esters is 1. The lowest BCUT2D eigenvalue weighted by molar-refractivity contribution is -0.158. The summed E-state index contributed by atoms with van der Waals surface area (Å²) in [5.74, 6) is -0.861. The first kappa shape index (κ1) is 33.3. The number of hydrogen-bond acceptors (Lipinski definition) is 8. The van der Waals surface area contributed by atoms with Crippen molar-refractivity contribution in [2.24, 2.45) is 11.3 Å². The standard InChI is InChI=1S/C26H49NO8/c1-12-19(28)26(10,11)22(31)20(29)16(5)15(4)17(6)34-23(32)21(30)18(13-14(2)3)27-24(33)35-25(7,8)9/h14,17-22,28-31H,12-13H2,1-11H3,(H,27,33)/b16-15+/t17-,18-,19-,20-,21?,22-/m0/s1. The van der Waals surface area contributed by atoms with Crippen molar-refractivity contribution in [1.82, 2.24) is 5.32 Å². The van der Waals surface area contributed by atoms with E-state index in [0.717, 1.165) is 0 Å². The van der Waals surface area contributed by atoms with Crippen LogP contribution in [0.2, 0.25) is 0 Å². The van der Waals surface area contributed by atoms with Crippen molar-refractivity contribution in [3.63, 3.8) is 0 Å². The van der Waals surface area contributed by atoms with Gasteiger partial charge in [-0.3, -0.25) is 0 Å². The van der Waals surface area contributed by atoms with Gasteiger partial charge in [-0.25, -0.2) is 9.59 Å². The number of aliphatic hydroxyl groups excluding tert-OH is 4. The number of hydrogen-bond donors (Lipinski definition) is 5. The number of ether oxygens (including phenoxy) is 2. The Morgan fingerprint density at radius 3 is 1.83 bits per heavy atom. The second kappa shape index (κ2) is 13.6. The summed E-state index contributed by atoms with van der Waals surface area (Å²) in [6, 6.07) is -0.918. The van der Waals surface area contributed by atoms with Gasteiger partial charge < -0.3 is 35.2 Å². The van der Waals surface area contributed by atoms with Gasteiger partial charge in [0.15, 0.2) is 6.10 Å². The summed E-state index contributed by atoms with van der Waals surface area (Å²) in [6.07, 6.45) is -5.83. The minimum Gasteiger partial charge on any atom is -0.456 e. The molecule has 0 bridgehead atoms. The van der Waals surface area contributed by atoms with Crippen molar-refractivity contribution in [2.45, 2.75) is 131 Å². The van der Waals surface area contributed by atoms with Gasteiger partial charge >= 0.3 is 12.1 Å². The lowest BCUT2D eigenvalue weighted by Crippen LogP contribution is -2.50. The Hall–Kier alpha value is -1.68. The highest BCUT2D eigenvalue weighted by atomic mass is 16.6. The molecule has 9 heteroatoms. The molecule has 0 heterocycles. The third-order valence-electron chi connectivity index (χ3n) is 6.33. The maximum Gasteiger partial charge on any atom is 0.407 e. The summed E-state index contributed by atoms with van der Waals surface area (Å²) in [5, 5.41) is 44.9. The van der Waals surface area contributed by atoms with Gasteiger partial charge in [-0.15, -0.1) is 0 Å². The molecular formula is C26H49NO8. The van der Waals surface area contributed by atoms with E-state index < -0.39 is 59.6 Å². The zero-order chi connectivity index (χ0) is 27.9. The lowest BCUT2D eigenvalue weighted by atomic mass is 9.75. The monoisotopic (exact) mass is 503 g/mol. The molecular weight excluding hydrogens is 454 g/mol. The maximum atomic E-state index is 12.7. The average Bonchev–Trinajstić information content (AvgIpc) is 2.73. The Bertz CT molecular complexity index is 725. The first-order valence-corrected chi connectivity index (χ1v) is 12.4. The van der Waals surface area contributed by atoms with E-state index in [-0.39, 0.29) is 5.92 Å². The minimum atomic E-state index is -1.63. The van der Waals surface area contributed by atoms with E-state index in [1.807, 2.05) is 13.8 Å². The maximum absolute atomic E-state index is 12.7. The van der Waals surface area contributed by atoms with Crippen LogP contribution in [0.1, 0.15) is 89.0 Å². The molecule has 6 atom stereocenters. The number of amides is 1. The largest absolute Gasteiger partial charge is 0.456 e. The minimum absolute atomic E-state index is 0.0668. The quantitative estimate of drug-likeness (QED) is 0.202. The molecule has 0 rings (SSSR count). The van der Waals surface area contributed by atoms with Gasteiger partial charge in [0.25, 0.3) is 0 Å². The SMILES string of the molecule is CC[C@H](O)C(C)(C)[C@@H](O)[C@@H](O)/C(C)=C(\C)[C@H](C)OC(=O)C(O)[C@H](CC(C)C)NC(=O)OC(C)(C)C. The molecule has 0 aromatic carbocycles. The van der Waals surface area contributed by atoms with Crippen molar-refractivity contribution in [3.8, 4) is 0 Å². The molecule has 0 aromatic rings. The first-order valence-electron chi connectivity index (χ1n) is 12.4. The van der Waals surface area contributed by atoms with Crippen LogP contribution in [0.5, 0.6) is 0 Å². The van der Waals surface area contributed by atoms with Gasteiger partial charge in [0, 0.05) is 5.41 Å². The molecule has 35 heavy (non-hydrogen) atoms. The van der Waals surface area contributed by atoms with Gasteiger partial charge in [-0.2, -0.15) is 0 Å². The molecule has 0 spiro atoms. The Morgan fingerprint density at radius 1 is 0.886 bits per heavy atom. The number of carbonyl (C=O) groups excluding carboxylic acids is 2. The van der Waals surface area contributed by atoms with E-state index in [9.17, 15) is 30.0 Å². The molecule has 0 aliphatic rings. The molecule has 0 fully saturated rings. The zero-order valence-electron chi connectivity index (χ0n) is 23.4. The second-order valence-corrected chi connectivity index (χ2v) is 11.4. The molecule has 0 saturated carbocycles. The van der Waals surface area contributed by atoms with Crippen molar-refractivity contribution in [1.29, 1.82) is 0 Å². The molecule has 0 aliphatic carbocycles. The van der Waals surface area contributed by atoms with E-state index in [4.69, 9.17) is 9.47 Å². The van der Waals surface area contributed by atoms with Crippen LogP contribution in [-0.4, -0.2) is 74.7 Å². The third kappa shape index (κ3) is 10.5. The van der Waals surface area contributed by atoms with Gasteiger partial charge in [0.1, 0.15) is 17.8 Å². The molecule has 5 N–H and O–H groups in total. The first-order chi connectivity index (χ1) is 15.8. The molecule has 0 aromatic heterocycles. The van der Waals surface area contributed by atoms with Gasteiger partial charge in [0.05, 0.1) is 18.2 Å². The highest BCUT2D eigenvalue weighted by Crippen LogP contribution is 2.32. The number of carbonyl (C=O) groups is 2. The van der Waals surface area contributed by atoms with Crippen LogP contribution in [0.4, 0.5) is 4.79 Å². The van der Waals surface area contributed by atoms with E-state index in [1.165, 1.54) is 0 Å². The number of rotatable bonds is 12. The molecule has 1 unspecified atom stereocenters. The molecule has 1 amide bonds. The van der Waals surface area contributed by atoms with Crippen LogP contribution in [-0.2, 0) is 14.3 Å². The van der Waals surface area contributed by atoms with E-state index in [2.05, 4.69) is 5.32 Å². The molecule has 206 valence electrons. The van der Waals surface area contributed by atoms with Crippen LogP contribution >= 0.6 is 0 Å². The van der Waals surface area contributed by atoms with Crippen LogP contribution in [0, 0.1) is 11.3 Å². The third-order valence-corrected chi connectivity index (χ3v) is 6.33. The van der Waals surface area contributed by atoms with E-state index in [0.29, 0.717) is 24.0 Å². The molecule has 0 saturated heterocycles. The van der Waals surface area contributed by atoms with E-state index in [1.54, 1.807) is 62.3 Å². The van der Waals surface area contributed by atoms with Gasteiger partial charge in [0.2, 0.25) is 0 Å². The second-order valence-electron chi connectivity index (χ2n) is 11.4. The fourth-order valence-electron chi connectivity index (χ4n) is 3.65. The molecule has 9 nitrogen and oxygen atoms in total. The van der Waals surface area contributed by atoms with Crippen molar-refractivity contribution in [2.75, 3.05) is 0 Å². The fraction of sp³-hybridized carbons (Fsp3) is 0.846. The predicted molar refractivity (Wildman–Crippen MR) is 135 cm³/mol. The van der Waals surface area contributed by atoms with Crippen molar-refractivity contribution in [3.05, 3.63) is 11.1 Å². The summed E-state index contributed by atoms with van der Waals surface area (Å²) in [5.41, 5.74) is -0.809. The number of alkyl carbamates (subject to hydrolysis) is 1. The topological polar surface area (TPSA) is 146 Å². The van der Waals surface area contributed by atoms with Crippen LogP contribution < -0.4 is 5.32 Å². The molecule has 0 aliphatic heterocycles. The number of aliphatic hydroxyl groups is 4. The fourth-order valence-corrected chi connectivity index (χ4v) is 3.65. The van der Waals surface area contributed by atoms with Crippen LogP contribution in [0.25, 0.3) is 0 Å². The van der Waals surface area contributed by atoms with Gasteiger partial charge in [-0.1, -0.05) is 34.6 Å². The molecule has 0 radical (unpaired) electrons. The Balaban J connectivity index is 5.52.